The van der Waals surface area contributed by atoms with Crippen LogP contribution in [0.1, 0.15) is 21.5 Å². The van der Waals surface area contributed by atoms with Crippen molar-refractivity contribution in [3.8, 4) is 0 Å². The quantitative estimate of drug-likeness (QED) is 0.641. The Morgan fingerprint density at radius 1 is 1.12 bits per heavy atom. The number of nitro benzene ring substituents is 2. The van der Waals surface area contributed by atoms with Crippen LogP contribution >= 0.6 is 0 Å². The minimum Gasteiger partial charge on any atom is -0.269 e. The third-order valence-electron chi connectivity index (χ3n) is 3.26. The Morgan fingerprint density at radius 3 is 2.38 bits per heavy atom. The van der Waals surface area contributed by atoms with Crippen LogP contribution in [0.15, 0.2) is 42.5 Å². The van der Waals surface area contributed by atoms with Crippen molar-refractivity contribution < 1.29 is 19.5 Å². The first-order valence-electron chi connectivity index (χ1n) is 6.79. The van der Waals surface area contributed by atoms with Crippen molar-refractivity contribution in [2.24, 2.45) is 0 Å². The minimum absolute atomic E-state index is 0.0198. The smallest absolute Gasteiger partial charge is 0.269 e. The van der Waals surface area contributed by atoms with Crippen molar-refractivity contribution in [3.63, 3.8) is 0 Å². The highest BCUT2D eigenvalue weighted by molar-refractivity contribution is 5.96. The third-order valence-corrected chi connectivity index (χ3v) is 3.26. The lowest BCUT2D eigenvalue weighted by atomic mass is 10.1. The zero-order valence-electron chi connectivity index (χ0n) is 12.6. The van der Waals surface area contributed by atoms with Crippen molar-refractivity contribution >= 4 is 17.3 Å². The van der Waals surface area contributed by atoms with Gasteiger partial charge < -0.3 is 0 Å². The molecule has 0 heterocycles. The summed E-state index contributed by atoms with van der Waals surface area (Å²) in [6, 6.07) is 10.8. The fourth-order valence-electron chi connectivity index (χ4n) is 2.03. The van der Waals surface area contributed by atoms with E-state index in [-0.39, 0.29) is 17.7 Å². The number of nitro groups is 2. The summed E-state index contributed by atoms with van der Waals surface area (Å²) in [5.74, 6) is -0.796. The number of carbonyl (C=O) groups excluding carboxylic acids is 1. The van der Waals surface area contributed by atoms with Crippen molar-refractivity contribution in [2.45, 2.75) is 13.5 Å². The second kappa shape index (κ2) is 7.29. The van der Waals surface area contributed by atoms with E-state index in [9.17, 15) is 25.0 Å². The van der Waals surface area contributed by atoms with Crippen LogP contribution in [0.2, 0.25) is 0 Å². The Hall–Kier alpha value is -3.33. The van der Waals surface area contributed by atoms with Crippen LogP contribution in [0.3, 0.4) is 0 Å². The summed E-state index contributed by atoms with van der Waals surface area (Å²) in [5.41, 5.74) is 1.73. The third kappa shape index (κ3) is 3.90. The van der Waals surface area contributed by atoms with E-state index in [1.54, 1.807) is 24.3 Å². The molecule has 2 aromatic rings. The van der Waals surface area contributed by atoms with Gasteiger partial charge in [-0.1, -0.05) is 30.3 Å². The molecule has 2 aromatic carbocycles. The molecule has 0 saturated carbocycles. The van der Waals surface area contributed by atoms with Gasteiger partial charge in [0, 0.05) is 11.6 Å². The van der Waals surface area contributed by atoms with Gasteiger partial charge in [-0.25, -0.2) is 5.48 Å². The van der Waals surface area contributed by atoms with Gasteiger partial charge in [0.05, 0.1) is 28.1 Å². The van der Waals surface area contributed by atoms with Crippen LogP contribution in [0.5, 0.6) is 0 Å². The summed E-state index contributed by atoms with van der Waals surface area (Å²) in [4.78, 5) is 37.5. The first-order chi connectivity index (χ1) is 11.4. The van der Waals surface area contributed by atoms with Crippen LogP contribution in [-0.4, -0.2) is 15.8 Å². The van der Waals surface area contributed by atoms with Gasteiger partial charge in [-0.15, -0.1) is 0 Å². The number of benzene rings is 2. The van der Waals surface area contributed by atoms with E-state index in [2.05, 4.69) is 5.48 Å². The van der Waals surface area contributed by atoms with E-state index in [0.29, 0.717) is 0 Å². The van der Waals surface area contributed by atoms with Gasteiger partial charge in [0.15, 0.2) is 0 Å². The number of hydrogen-bond donors (Lipinski definition) is 1. The first-order valence-corrected chi connectivity index (χ1v) is 6.79. The lowest BCUT2D eigenvalue weighted by Gasteiger charge is -2.08. The van der Waals surface area contributed by atoms with Crippen molar-refractivity contribution in [2.75, 3.05) is 0 Å². The molecule has 9 heteroatoms. The summed E-state index contributed by atoms with van der Waals surface area (Å²) in [6.45, 7) is 1.43. The van der Waals surface area contributed by atoms with E-state index >= 15 is 0 Å². The fourth-order valence-corrected chi connectivity index (χ4v) is 2.03. The maximum atomic E-state index is 12.1. The number of hydroxylamine groups is 1. The molecule has 0 radical (unpaired) electrons. The molecular formula is C15H13N3O6. The molecule has 0 atom stereocenters. The molecule has 0 unspecified atom stereocenters. The molecule has 0 spiro atoms. The lowest BCUT2D eigenvalue weighted by Crippen LogP contribution is -2.24. The minimum atomic E-state index is -0.798. The second-order valence-corrected chi connectivity index (χ2v) is 4.86. The molecule has 1 N–H and O–H groups in total. The van der Waals surface area contributed by atoms with E-state index in [1.165, 1.54) is 6.92 Å². The molecule has 0 aliphatic heterocycles. The molecule has 9 nitrogen and oxygen atoms in total. The number of nitrogens with zero attached hydrogens (tertiary/aromatic N) is 2. The molecule has 0 aliphatic carbocycles. The predicted octanol–water partition coefficient (Wildman–Crippen LogP) is 2.67. The molecule has 0 saturated heterocycles. The van der Waals surface area contributed by atoms with Crippen molar-refractivity contribution in [1.82, 2.24) is 5.48 Å². The Balaban J connectivity index is 2.18. The van der Waals surface area contributed by atoms with Gasteiger partial charge in [-0.2, -0.15) is 0 Å². The lowest BCUT2D eigenvalue weighted by molar-refractivity contribution is -0.394. The van der Waals surface area contributed by atoms with Gasteiger partial charge >= 0.3 is 0 Å². The summed E-state index contributed by atoms with van der Waals surface area (Å²) in [5, 5.41) is 21.9. The van der Waals surface area contributed by atoms with Crippen molar-refractivity contribution in [3.05, 3.63) is 79.4 Å². The maximum Gasteiger partial charge on any atom is 0.279 e. The van der Waals surface area contributed by atoms with Crippen LogP contribution in [-0.2, 0) is 11.4 Å². The molecule has 124 valence electrons. The number of hydrogen-bond acceptors (Lipinski definition) is 6. The fraction of sp³-hybridized carbons (Fsp3) is 0.133. The molecule has 0 aromatic heterocycles. The number of carbonyl (C=O) groups is 1. The molecule has 1 amide bonds. The van der Waals surface area contributed by atoms with Crippen molar-refractivity contribution in [1.29, 1.82) is 0 Å². The van der Waals surface area contributed by atoms with E-state index < -0.39 is 27.1 Å². The second-order valence-electron chi connectivity index (χ2n) is 4.86. The van der Waals surface area contributed by atoms with Gasteiger partial charge in [-0.3, -0.25) is 29.9 Å². The van der Waals surface area contributed by atoms with Gasteiger partial charge in [-0.05, 0) is 12.5 Å². The molecule has 24 heavy (non-hydrogen) atoms. The Morgan fingerprint density at radius 2 is 1.79 bits per heavy atom. The molecule has 0 fully saturated rings. The van der Waals surface area contributed by atoms with E-state index in [1.807, 2.05) is 6.07 Å². The van der Waals surface area contributed by atoms with Gasteiger partial charge in [0.25, 0.3) is 17.3 Å². The van der Waals surface area contributed by atoms with E-state index in [0.717, 1.165) is 17.7 Å². The largest absolute Gasteiger partial charge is 0.279 e. The first kappa shape index (κ1) is 17.0. The summed E-state index contributed by atoms with van der Waals surface area (Å²) >= 11 is 0. The van der Waals surface area contributed by atoms with Crippen LogP contribution in [0, 0.1) is 27.2 Å². The maximum absolute atomic E-state index is 12.1. The molecule has 0 bridgehead atoms. The van der Waals surface area contributed by atoms with Crippen LogP contribution in [0.25, 0.3) is 0 Å². The average Bonchev–Trinajstić information content (AvgIpc) is 2.55. The summed E-state index contributed by atoms with van der Waals surface area (Å²) in [6.07, 6.45) is 0. The van der Waals surface area contributed by atoms with Gasteiger partial charge in [0.2, 0.25) is 0 Å². The monoisotopic (exact) mass is 331 g/mol. The van der Waals surface area contributed by atoms with Gasteiger partial charge in [0.1, 0.15) is 0 Å². The standard InChI is InChI=1S/C15H13N3O6/c1-10-13(7-12(17(20)21)8-14(10)18(22)23)15(19)16-24-9-11-5-3-2-4-6-11/h2-8H,9H2,1H3,(H,16,19). The van der Waals surface area contributed by atoms with E-state index in [4.69, 9.17) is 4.84 Å². The van der Waals surface area contributed by atoms with Crippen LogP contribution < -0.4 is 5.48 Å². The highest BCUT2D eigenvalue weighted by atomic mass is 16.7. The Labute approximate surface area is 136 Å². The number of non-ortho nitro benzene ring substituents is 1. The highest BCUT2D eigenvalue weighted by Crippen LogP contribution is 2.27. The highest BCUT2D eigenvalue weighted by Gasteiger charge is 2.24. The zero-order valence-corrected chi connectivity index (χ0v) is 12.6. The predicted molar refractivity (Wildman–Crippen MR) is 83.2 cm³/mol. The number of nitrogens with one attached hydrogen (secondary N) is 1. The summed E-state index contributed by atoms with van der Waals surface area (Å²) < 4.78 is 0. The average molecular weight is 331 g/mol. The summed E-state index contributed by atoms with van der Waals surface area (Å²) in [7, 11) is 0. The molecule has 0 aliphatic rings. The molecule has 2 rings (SSSR count). The zero-order chi connectivity index (χ0) is 17.7. The SMILES string of the molecule is Cc1c(C(=O)NOCc2ccccc2)cc([N+](=O)[O-])cc1[N+](=O)[O-]. The molecular weight excluding hydrogens is 318 g/mol. The Bertz CT molecular complexity index is 791. The number of amides is 1. The topological polar surface area (TPSA) is 125 Å². The van der Waals surface area contributed by atoms with Crippen LogP contribution in [0.4, 0.5) is 11.4 Å². The number of rotatable bonds is 6. The normalized spacial score (nSPS) is 10.2. The Kier molecular flexibility index (Phi) is 5.17.